The van der Waals surface area contributed by atoms with Crippen LogP contribution in [0.25, 0.3) is 71.7 Å². The highest BCUT2D eigenvalue weighted by Crippen LogP contribution is 2.45. The number of rotatable bonds is 3. The van der Waals surface area contributed by atoms with E-state index in [0.717, 1.165) is 33.0 Å². The molecule has 0 saturated heterocycles. The number of benzene rings is 6. The molecule has 39 heavy (non-hydrogen) atoms. The molecule has 8 rings (SSSR count). The molecule has 0 atom stereocenters. The first-order valence-corrected chi connectivity index (χ1v) is 14.1. The fourth-order valence-electron chi connectivity index (χ4n) is 5.99. The van der Waals surface area contributed by atoms with Gasteiger partial charge < -0.3 is 8.98 Å². The Morgan fingerprint density at radius 1 is 0.513 bits per heavy atom. The lowest BCUT2D eigenvalue weighted by Crippen LogP contribution is -2.02. The second kappa shape index (κ2) is 8.85. The summed E-state index contributed by atoms with van der Waals surface area (Å²) in [7, 11) is 0. The second-order valence-electron chi connectivity index (χ2n) is 9.84. The maximum atomic E-state index is 6.66. The van der Waals surface area contributed by atoms with Crippen LogP contribution in [0.4, 0.5) is 0 Å². The number of fused-ring (bicyclic) bond motifs is 7. The lowest BCUT2D eigenvalue weighted by atomic mass is 9.95. The minimum atomic E-state index is 0.908. The van der Waals surface area contributed by atoms with Gasteiger partial charge in [-0.05, 0) is 58.0 Å². The summed E-state index contributed by atoms with van der Waals surface area (Å²) >= 11 is 2.49. The molecule has 0 amide bonds. The summed E-state index contributed by atoms with van der Waals surface area (Å²) in [6.07, 6.45) is 0. The Morgan fingerprint density at radius 3 is 1.95 bits per heavy atom. The first-order valence-electron chi connectivity index (χ1n) is 13.1. The molecule has 0 spiro atoms. The molecule has 0 fully saturated rings. The summed E-state index contributed by atoms with van der Waals surface area (Å²) in [6, 6.07) is 47.4. The molecule has 0 aliphatic heterocycles. The molecule has 0 unspecified atom stereocenters. The summed E-state index contributed by atoms with van der Waals surface area (Å²) in [6.45, 7) is 0. The molecule has 0 aliphatic carbocycles. The highest BCUT2D eigenvalue weighted by molar-refractivity contribution is 14.1. The van der Waals surface area contributed by atoms with Gasteiger partial charge in [0.15, 0.2) is 5.58 Å². The van der Waals surface area contributed by atoms with E-state index in [4.69, 9.17) is 4.42 Å². The third-order valence-corrected chi connectivity index (χ3v) is 8.58. The minimum Gasteiger partial charge on any atom is -0.454 e. The van der Waals surface area contributed by atoms with Gasteiger partial charge in [0.2, 0.25) is 0 Å². The molecular weight excluding hydrogens is 589 g/mol. The SMILES string of the molecule is Ic1ccc(-c2ccccc2)c(-n2c3ccccc3c3ccc4c5ccccc5oc4c32)c1-c1ccccc1. The summed E-state index contributed by atoms with van der Waals surface area (Å²) in [4.78, 5) is 0. The molecule has 2 aromatic heterocycles. The summed E-state index contributed by atoms with van der Waals surface area (Å²) in [5, 5.41) is 4.68. The van der Waals surface area contributed by atoms with Crippen LogP contribution in [-0.2, 0) is 0 Å². The predicted octanol–water partition coefficient (Wildman–Crippen LogP) is 10.6. The van der Waals surface area contributed by atoms with Crippen LogP contribution in [-0.4, -0.2) is 4.57 Å². The molecule has 0 N–H and O–H groups in total. The van der Waals surface area contributed by atoms with Gasteiger partial charge in [-0.15, -0.1) is 0 Å². The Morgan fingerprint density at radius 2 is 1.15 bits per heavy atom. The Balaban J connectivity index is 1.64. The van der Waals surface area contributed by atoms with E-state index >= 15 is 0 Å². The van der Waals surface area contributed by atoms with E-state index in [-0.39, 0.29) is 0 Å². The molecule has 2 nitrogen and oxygen atoms in total. The van der Waals surface area contributed by atoms with Crippen LogP contribution in [0.15, 0.2) is 138 Å². The number of para-hydroxylation sites is 2. The van der Waals surface area contributed by atoms with Gasteiger partial charge in [0.25, 0.3) is 0 Å². The van der Waals surface area contributed by atoms with Crippen LogP contribution in [0, 0.1) is 3.57 Å². The number of nitrogens with zero attached hydrogens (tertiary/aromatic N) is 1. The highest BCUT2D eigenvalue weighted by atomic mass is 127. The van der Waals surface area contributed by atoms with Gasteiger partial charge in [-0.2, -0.15) is 0 Å². The molecular formula is C36H22INO. The molecule has 184 valence electrons. The average Bonchev–Trinajstić information content (AvgIpc) is 3.54. The van der Waals surface area contributed by atoms with Crippen molar-refractivity contribution in [3.05, 3.63) is 137 Å². The quantitative estimate of drug-likeness (QED) is 0.182. The number of furan rings is 1. The number of aromatic nitrogens is 1. The topological polar surface area (TPSA) is 18.1 Å². The van der Waals surface area contributed by atoms with Crippen LogP contribution in [0.5, 0.6) is 0 Å². The van der Waals surface area contributed by atoms with Gasteiger partial charge in [-0.25, -0.2) is 0 Å². The number of halogens is 1. The Kier molecular flexibility index (Phi) is 5.13. The van der Waals surface area contributed by atoms with Crippen molar-refractivity contribution in [1.82, 2.24) is 4.57 Å². The van der Waals surface area contributed by atoms with Crippen molar-refractivity contribution in [2.45, 2.75) is 0 Å². The van der Waals surface area contributed by atoms with Crippen LogP contribution < -0.4 is 0 Å². The standard InChI is InChI=1S/C36H22INO/c37-30-22-21-25(23-11-3-1-4-12-23)34(33(30)24-13-5-2-6-14-24)38-31-17-9-7-15-26(31)28-19-20-29-27-16-8-10-18-32(27)39-36(29)35(28)38/h1-22H. The van der Waals surface area contributed by atoms with E-state index in [1.807, 2.05) is 6.07 Å². The maximum Gasteiger partial charge on any atom is 0.160 e. The van der Waals surface area contributed by atoms with Crippen LogP contribution in [0.1, 0.15) is 0 Å². The van der Waals surface area contributed by atoms with Gasteiger partial charge >= 0.3 is 0 Å². The first kappa shape index (κ1) is 22.6. The van der Waals surface area contributed by atoms with Crippen molar-refractivity contribution in [2.75, 3.05) is 0 Å². The fraction of sp³-hybridized carbons (Fsp3) is 0. The normalized spacial score (nSPS) is 11.7. The summed E-state index contributed by atoms with van der Waals surface area (Å²) in [5.41, 5.74) is 10.0. The van der Waals surface area contributed by atoms with Crippen molar-refractivity contribution < 1.29 is 4.42 Å². The van der Waals surface area contributed by atoms with Crippen molar-refractivity contribution in [3.8, 4) is 27.9 Å². The van der Waals surface area contributed by atoms with E-state index in [2.05, 4.69) is 155 Å². The zero-order valence-electron chi connectivity index (χ0n) is 20.9. The Bertz CT molecular complexity index is 2170. The van der Waals surface area contributed by atoms with Crippen molar-refractivity contribution in [2.24, 2.45) is 0 Å². The van der Waals surface area contributed by atoms with Gasteiger partial charge in [0.05, 0.1) is 16.7 Å². The average molecular weight is 611 g/mol. The Hall–Kier alpha value is -4.35. The first-order chi connectivity index (χ1) is 19.3. The zero-order valence-corrected chi connectivity index (χ0v) is 23.1. The van der Waals surface area contributed by atoms with Crippen molar-refractivity contribution in [1.29, 1.82) is 0 Å². The molecule has 0 saturated carbocycles. The predicted molar refractivity (Wildman–Crippen MR) is 172 cm³/mol. The maximum absolute atomic E-state index is 6.66. The molecule has 6 aromatic carbocycles. The van der Waals surface area contributed by atoms with E-state index in [1.165, 1.54) is 42.3 Å². The molecule has 8 aromatic rings. The largest absolute Gasteiger partial charge is 0.454 e. The van der Waals surface area contributed by atoms with Crippen LogP contribution in [0.2, 0.25) is 0 Å². The van der Waals surface area contributed by atoms with E-state index in [0.29, 0.717) is 0 Å². The fourth-order valence-corrected chi connectivity index (χ4v) is 6.74. The zero-order chi connectivity index (χ0) is 25.9. The van der Waals surface area contributed by atoms with Gasteiger partial charge in [-0.1, -0.05) is 109 Å². The van der Waals surface area contributed by atoms with Crippen molar-refractivity contribution in [3.63, 3.8) is 0 Å². The number of hydrogen-bond acceptors (Lipinski definition) is 1. The molecule has 0 aliphatic rings. The smallest absolute Gasteiger partial charge is 0.160 e. The summed E-state index contributed by atoms with van der Waals surface area (Å²) in [5.74, 6) is 0. The molecule has 0 bridgehead atoms. The van der Waals surface area contributed by atoms with E-state index in [1.54, 1.807) is 0 Å². The lowest BCUT2D eigenvalue weighted by molar-refractivity contribution is 0.671. The van der Waals surface area contributed by atoms with E-state index < -0.39 is 0 Å². The Labute approximate surface area is 239 Å². The van der Waals surface area contributed by atoms with Gasteiger partial charge in [0, 0.05) is 36.2 Å². The molecule has 0 radical (unpaired) electrons. The number of hydrogen-bond donors (Lipinski definition) is 0. The highest BCUT2D eigenvalue weighted by Gasteiger charge is 2.24. The van der Waals surface area contributed by atoms with E-state index in [9.17, 15) is 0 Å². The van der Waals surface area contributed by atoms with Crippen LogP contribution >= 0.6 is 22.6 Å². The lowest BCUT2D eigenvalue weighted by Gasteiger charge is -2.20. The van der Waals surface area contributed by atoms with Gasteiger partial charge in [-0.3, -0.25) is 0 Å². The monoisotopic (exact) mass is 611 g/mol. The third kappa shape index (κ3) is 3.39. The third-order valence-electron chi connectivity index (χ3n) is 7.68. The second-order valence-corrected chi connectivity index (χ2v) is 11.0. The molecule has 2 heterocycles. The molecule has 3 heteroatoms. The van der Waals surface area contributed by atoms with Crippen LogP contribution in [0.3, 0.4) is 0 Å². The summed E-state index contributed by atoms with van der Waals surface area (Å²) < 4.78 is 10.3. The minimum absolute atomic E-state index is 0.908. The van der Waals surface area contributed by atoms with Gasteiger partial charge in [0.1, 0.15) is 5.58 Å². The van der Waals surface area contributed by atoms with Crippen molar-refractivity contribution >= 4 is 66.3 Å².